The smallest absolute Gasteiger partial charge is 0.236 e. The van der Waals surface area contributed by atoms with Crippen LogP contribution >= 0.6 is 11.6 Å². The fourth-order valence-corrected chi connectivity index (χ4v) is 1.93. The van der Waals surface area contributed by atoms with Crippen LogP contribution in [0.25, 0.3) is 10.4 Å². The summed E-state index contributed by atoms with van der Waals surface area (Å²) in [6, 6.07) is 8.77. The van der Waals surface area contributed by atoms with Crippen LogP contribution in [0.1, 0.15) is 5.56 Å². The van der Waals surface area contributed by atoms with Gasteiger partial charge < -0.3 is 4.90 Å². The number of hydrogen-bond acceptors (Lipinski definition) is 2. The number of nitrogens with zero attached hydrogens (tertiary/aromatic N) is 4. The molecular formula is C10H9ClN4O. The molecule has 16 heavy (non-hydrogen) atoms. The van der Waals surface area contributed by atoms with E-state index in [9.17, 15) is 4.79 Å². The molecule has 1 aliphatic rings. The van der Waals surface area contributed by atoms with Crippen LogP contribution in [0, 0.1) is 0 Å². The average molecular weight is 237 g/mol. The first-order valence-corrected chi connectivity index (χ1v) is 5.20. The summed E-state index contributed by atoms with van der Waals surface area (Å²) in [4.78, 5) is 15.6. The molecule has 0 unspecified atom stereocenters. The number of carbonyl (C=O) groups is 1. The Kier molecular flexibility index (Phi) is 2.99. The van der Waals surface area contributed by atoms with Gasteiger partial charge in [-0.1, -0.05) is 47.0 Å². The van der Waals surface area contributed by atoms with Gasteiger partial charge in [0.1, 0.15) is 5.50 Å². The van der Waals surface area contributed by atoms with Crippen LogP contribution in [0.3, 0.4) is 0 Å². The molecule has 82 valence electrons. The maximum atomic E-state index is 11.5. The SMILES string of the molecule is [N-]=[N+]=N[C@H]1C(=O)N(Cc2ccccc2)[C@@H]1Cl. The molecule has 1 saturated heterocycles. The van der Waals surface area contributed by atoms with Crippen molar-refractivity contribution in [1.82, 2.24) is 4.90 Å². The second-order valence-corrected chi connectivity index (χ2v) is 3.92. The van der Waals surface area contributed by atoms with E-state index in [1.807, 2.05) is 30.3 Å². The van der Waals surface area contributed by atoms with E-state index in [1.165, 1.54) is 4.90 Å². The number of hydrogen-bond donors (Lipinski definition) is 0. The topological polar surface area (TPSA) is 69.1 Å². The van der Waals surface area contributed by atoms with Crippen molar-refractivity contribution < 1.29 is 4.79 Å². The molecule has 6 heteroatoms. The van der Waals surface area contributed by atoms with Gasteiger partial charge in [0.2, 0.25) is 5.91 Å². The molecule has 0 bridgehead atoms. The van der Waals surface area contributed by atoms with Gasteiger partial charge in [0.15, 0.2) is 6.04 Å². The zero-order valence-electron chi connectivity index (χ0n) is 8.32. The maximum absolute atomic E-state index is 11.5. The summed E-state index contributed by atoms with van der Waals surface area (Å²) in [5.41, 5.74) is 8.70. The van der Waals surface area contributed by atoms with Gasteiger partial charge in [-0.25, -0.2) is 0 Å². The number of benzene rings is 1. The molecule has 0 aromatic heterocycles. The molecule has 1 aromatic rings. The van der Waals surface area contributed by atoms with E-state index in [0.29, 0.717) is 6.54 Å². The summed E-state index contributed by atoms with van der Waals surface area (Å²) in [6.45, 7) is 0.450. The molecule has 0 radical (unpaired) electrons. The number of likely N-dealkylation sites (tertiary alicyclic amines) is 1. The standard InChI is InChI=1S/C10H9ClN4O/c11-9-8(13-14-12)10(16)15(9)6-7-4-2-1-3-5-7/h1-5,8-9H,6H2/t8-,9+/m1/s1. The fourth-order valence-electron chi connectivity index (χ4n) is 1.60. The average Bonchev–Trinajstić information content (AvgIpc) is 2.34. The van der Waals surface area contributed by atoms with Crippen LogP contribution in [0.2, 0.25) is 0 Å². The van der Waals surface area contributed by atoms with E-state index in [2.05, 4.69) is 10.0 Å². The summed E-state index contributed by atoms with van der Waals surface area (Å²) >= 11 is 5.94. The lowest BCUT2D eigenvalue weighted by Gasteiger charge is -2.41. The molecule has 0 saturated carbocycles. The van der Waals surface area contributed by atoms with E-state index in [4.69, 9.17) is 17.1 Å². The van der Waals surface area contributed by atoms with Crippen molar-refractivity contribution in [2.24, 2.45) is 5.11 Å². The Hall–Kier alpha value is -1.71. The molecule has 1 fully saturated rings. The Morgan fingerprint density at radius 3 is 2.69 bits per heavy atom. The molecule has 0 N–H and O–H groups in total. The highest BCUT2D eigenvalue weighted by molar-refractivity contribution is 6.26. The minimum Gasteiger partial charge on any atom is -0.320 e. The summed E-state index contributed by atoms with van der Waals surface area (Å²) < 4.78 is 0. The lowest BCUT2D eigenvalue weighted by atomic mass is 10.1. The fraction of sp³-hybridized carbons (Fsp3) is 0.300. The molecule has 2 rings (SSSR count). The Bertz CT molecular complexity index is 443. The van der Waals surface area contributed by atoms with Crippen LogP contribution in [0.15, 0.2) is 35.4 Å². The van der Waals surface area contributed by atoms with E-state index in [1.54, 1.807) is 0 Å². The van der Waals surface area contributed by atoms with Crippen molar-refractivity contribution in [3.8, 4) is 0 Å². The molecule has 1 aliphatic heterocycles. The Morgan fingerprint density at radius 2 is 2.12 bits per heavy atom. The molecule has 1 heterocycles. The molecule has 2 atom stereocenters. The van der Waals surface area contributed by atoms with Crippen molar-refractivity contribution >= 4 is 17.5 Å². The van der Waals surface area contributed by atoms with Crippen molar-refractivity contribution in [1.29, 1.82) is 0 Å². The number of carbonyl (C=O) groups excluding carboxylic acids is 1. The number of β-lactam (4-membered cyclic amide) rings is 1. The first kappa shape index (κ1) is 10.8. The quantitative estimate of drug-likeness (QED) is 0.198. The predicted molar refractivity (Wildman–Crippen MR) is 59.6 cm³/mol. The van der Waals surface area contributed by atoms with Crippen LogP contribution in [-0.4, -0.2) is 22.3 Å². The van der Waals surface area contributed by atoms with Crippen molar-refractivity contribution in [2.45, 2.75) is 18.1 Å². The molecule has 0 aliphatic carbocycles. The first-order valence-electron chi connectivity index (χ1n) is 4.76. The summed E-state index contributed by atoms with van der Waals surface area (Å²) in [6.07, 6.45) is 0. The molecule has 1 amide bonds. The Labute approximate surface area is 97.2 Å². The van der Waals surface area contributed by atoms with Gasteiger partial charge in [-0.2, -0.15) is 0 Å². The normalized spacial score (nSPS) is 23.6. The molecule has 0 spiro atoms. The van der Waals surface area contributed by atoms with Gasteiger partial charge in [-0.3, -0.25) is 4.79 Å². The summed E-state index contributed by atoms with van der Waals surface area (Å²) in [5.74, 6) is -0.221. The third kappa shape index (κ3) is 1.83. The van der Waals surface area contributed by atoms with E-state index < -0.39 is 11.5 Å². The van der Waals surface area contributed by atoms with Crippen LogP contribution in [0.5, 0.6) is 0 Å². The lowest BCUT2D eigenvalue weighted by molar-refractivity contribution is -0.145. The largest absolute Gasteiger partial charge is 0.320 e. The lowest BCUT2D eigenvalue weighted by Crippen LogP contribution is -2.60. The monoisotopic (exact) mass is 236 g/mol. The minimum atomic E-state index is -0.754. The van der Waals surface area contributed by atoms with Crippen LogP contribution < -0.4 is 0 Å². The number of alkyl halides is 1. The highest BCUT2D eigenvalue weighted by Gasteiger charge is 2.45. The third-order valence-electron chi connectivity index (χ3n) is 2.47. The zero-order valence-corrected chi connectivity index (χ0v) is 9.08. The highest BCUT2D eigenvalue weighted by atomic mass is 35.5. The second-order valence-electron chi connectivity index (χ2n) is 3.47. The van der Waals surface area contributed by atoms with Gasteiger partial charge in [-0.05, 0) is 11.1 Å². The van der Waals surface area contributed by atoms with Crippen molar-refractivity contribution in [2.75, 3.05) is 0 Å². The second kappa shape index (κ2) is 4.43. The number of halogens is 1. The van der Waals surface area contributed by atoms with E-state index in [-0.39, 0.29) is 5.91 Å². The maximum Gasteiger partial charge on any atom is 0.236 e. The van der Waals surface area contributed by atoms with Gasteiger partial charge in [0, 0.05) is 11.5 Å². The van der Waals surface area contributed by atoms with E-state index >= 15 is 0 Å². The first-order chi connectivity index (χ1) is 7.74. The van der Waals surface area contributed by atoms with Crippen molar-refractivity contribution in [3.63, 3.8) is 0 Å². The van der Waals surface area contributed by atoms with E-state index in [0.717, 1.165) is 5.56 Å². The molecule has 5 nitrogen and oxygen atoms in total. The minimum absolute atomic E-state index is 0.221. The van der Waals surface area contributed by atoms with Gasteiger partial charge in [-0.15, -0.1) is 0 Å². The van der Waals surface area contributed by atoms with Gasteiger partial charge in [0.25, 0.3) is 0 Å². The summed E-state index contributed by atoms with van der Waals surface area (Å²) in [7, 11) is 0. The number of azide groups is 1. The number of rotatable bonds is 3. The number of amides is 1. The van der Waals surface area contributed by atoms with Crippen LogP contribution in [0.4, 0.5) is 0 Å². The molecular weight excluding hydrogens is 228 g/mol. The summed E-state index contributed by atoms with van der Waals surface area (Å²) in [5, 5.41) is 3.34. The van der Waals surface area contributed by atoms with Crippen molar-refractivity contribution in [3.05, 3.63) is 46.3 Å². The Balaban J connectivity index is 2.04. The van der Waals surface area contributed by atoms with Gasteiger partial charge >= 0.3 is 0 Å². The third-order valence-corrected chi connectivity index (χ3v) is 2.94. The molecule has 1 aromatic carbocycles. The zero-order chi connectivity index (χ0) is 11.5. The Morgan fingerprint density at radius 1 is 1.44 bits per heavy atom. The predicted octanol–water partition coefficient (Wildman–Crippen LogP) is 2.27. The van der Waals surface area contributed by atoms with Crippen LogP contribution in [-0.2, 0) is 11.3 Å². The highest BCUT2D eigenvalue weighted by Crippen LogP contribution is 2.28. The van der Waals surface area contributed by atoms with Gasteiger partial charge in [0.05, 0.1) is 0 Å².